The highest BCUT2D eigenvalue weighted by Gasteiger charge is 2.19. The molecule has 0 atom stereocenters. The van der Waals surface area contributed by atoms with Gasteiger partial charge in [-0.1, -0.05) is 6.07 Å². The summed E-state index contributed by atoms with van der Waals surface area (Å²) in [6, 6.07) is 13.0. The number of methoxy groups -OCH3 is 1. The largest absolute Gasteiger partial charge is 0.495 e. The number of aryl methyl sites for hydroxylation is 2. The molecular formula is C23H20FN3O4S. The van der Waals surface area contributed by atoms with E-state index in [0.717, 1.165) is 21.5 Å². The van der Waals surface area contributed by atoms with E-state index in [9.17, 15) is 14.0 Å². The van der Waals surface area contributed by atoms with Gasteiger partial charge in [0.05, 0.1) is 24.2 Å². The maximum absolute atomic E-state index is 13.3. The van der Waals surface area contributed by atoms with Crippen LogP contribution in [-0.4, -0.2) is 35.4 Å². The quantitative estimate of drug-likeness (QED) is 0.430. The zero-order chi connectivity index (χ0) is 22.8. The van der Waals surface area contributed by atoms with Crippen molar-refractivity contribution in [3.63, 3.8) is 0 Å². The third kappa shape index (κ3) is 4.33. The van der Waals surface area contributed by atoms with Gasteiger partial charge < -0.3 is 14.8 Å². The summed E-state index contributed by atoms with van der Waals surface area (Å²) < 4.78 is 25.4. The maximum atomic E-state index is 13.3. The Morgan fingerprint density at radius 3 is 2.59 bits per heavy atom. The Morgan fingerprint density at radius 2 is 1.88 bits per heavy atom. The number of hydrogen-bond acceptors (Lipinski definition) is 6. The van der Waals surface area contributed by atoms with E-state index in [1.807, 2.05) is 19.9 Å². The monoisotopic (exact) mass is 453 g/mol. The average Bonchev–Trinajstić information content (AvgIpc) is 3.34. The van der Waals surface area contributed by atoms with Gasteiger partial charge in [-0.2, -0.15) is 5.10 Å². The number of amides is 1. The predicted octanol–water partition coefficient (Wildman–Crippen LogP) is 4.65. The Hall–Kier alpha value is -3.72. The van der Waals surface area contributed by atoms with E-state index >= 15 is 0 Å². The lowest BCUT2D eigenvalue weighted by molar-refractivity contribution is -0.119. The van der Waals surface area contributed by atoms with Crippen molar-refractivity contribution in [3.05, 3.63) is 70.5 Å². The van der Waals surface area contributed by atoms with Crippen molar-refractivity contribution in [2.75, 3.05) is 19.0 Å². The van der Waals surface area contributed by atoms with Gasteiger partial charge in [-0.15, -0.1) is 11.3 Å². The highest BCUT2D eigenvalue weighted by Crippen LogP contribution is 2.31. The van der Waals surface area contributed by atoms with Gasteiger partial charge >= 0.3 is 5.97 Å². The summed E-state index contributed by atoms with van der Waals surface area (Å²) in [5, 5.41) is 7.96. The number of ether oxygens (including phenoxy) is 2. The van der Waals surface area contributed by atoms with Crippen molar-refractivity contribution >= 4 is 39.1 Å². The number of hydrogen-bond donors (Lipinski definition) is 1. The molecule has 1 N–H and O–H groups in total. The number of benzene rings is 2. The minimum absolute atomic E-state index is 0.342. The van der Waals surface area contributed by atoms with E-state index < -0.39 is 18.5 Å². The van der Waals surface area contributed by atoms with Gasteiger partial charge in [0, 0.05) is 5.39 Å². The number of carbonyl (C=O) groups excluding carboxylic acids is 2. The Labute approximate surface area is 187 Å². The van der Waals surface area contributed by atoms with Crippen LogP contribution in [0.4, 0.5) is 10.1 Å². The first-order chi connectivity index (χ1) is 15.4. The Morgan fingerprint density at radius 1 is 1.12 bits per heavy atom. The maximum Gasteiger partial charge on any atom is 0.348 e. The molecule has 0 saturated heterocycles. The zero-order valence-electron chi connectivity index (χ0n) is 17.6. The fourth-order valence-corrected chi connectivity index (χ4v) is 4.29. The van der Waals surface area contributed by atoms with Crippen LogP contribution in [0, 0.1) is 19.7 Å². The van der Waals surface area contributed by atoms with E-state index in [0.29, 0.717) is 22.0 Å². The average molecular weight is 453 g/mol. The first-order valence-corrected chi connectivity index (χ1v) is 10.5. The van der Waals surface area contributed by atoms with Gasteiger partial charge in [-0.3, -0.25) is 4.79 Å². The molecule has 164 valence electrons. The second-order valence-electron chi connectivity index (χ2n) is 7.13. The third-order valence-electron chi connectivity index (χ3n) is 4.78. The number of thiophene rings is 1. The molecule has 0 aliphatic rings. The van der Waals surface area contributed by atoms with Crippen LogP contribution >= 0.6 is 11.3 Å². The first kappa shape index (κ1) is 21.5. The van der Waals surface area contributed by atoms with E-state index in [1.54, 1.807) is 35.0 Å². The van der Waals surface area contributed by atoms with Gasteiger partial charge in [0.15, 0.2) is 6.61 Å². The van der Waals surface area contributed by atoms with Crippen LogP contribution in [0.5, 0.6) is 5.75 Å². The highest BCUT2D eigenvalue weighted by atomic mass is 32.1. The number of esters is 1. The number of halogens is 1. The summed E-state index contributed by atoms with van der Waals surface area (Å²) in [4.78, 5) is 25.9. The molecule has 0 bridgehead atoms. The predicted molar refractivity (Wildman–Crippen MR) is 120 cm³/mol. The molecule has 0 radical (unpaired) electrons. The van der Waals surface area contributed by atoms with Crippen molar-refractivity contribution in [2.45, 2.75) is 13.8 Å². The molecular weight excluding hydrogens is 433 g/mol. The molecule has 7 nitrogen and oxygen atoms in total. The molecule has 4 aromatic rings. The Kier molecular flexibility index (Phi) is 5.91. The fourth-order valence-electron chi connectivity index (χ4n) is 3.21. The molecule has 0 aliphatic carbocycles. The van der Waals surface area contributed by atoms with Crippen molar-refractivity contribution in [1.82, 2.24) is 9.78 Å². The lowest BCUT2D eigenvalue weighted by Gasteiger charge is -2.11. The van der Waals surface area contributed by atoms with Crippen LogP contribution in [-0.2, 0) is 9.53 Å². The summed E-state index contributed by atoms with van der Waals surface area (Å²) >= 11 is 1.20. The molecule has 0 spiro atoms. The highest BCUT2D eigenvalue weighted by molar-refractivity contribution is 7.20. The molecule has 0 saturated carbocycles. The molecule has 2 heterocycles. The van der Waals surface area contributed by atoms with Crippen molar-refractivity contribution in [1.29, 1.82) is 0 Å². The molecule has 32 heavy (non-hydrogen) atoms. The van der Waals surface area contributed by atoms with E-state index in [2.05, 4.69) is 10.4 Å². The van der Waals surface area contributed by atoms with Crippen molar-refractivity contribution in [3.8, 4) is 11.4 Å². The van der Waals surface area contributed by atoms with Gasteiger partial charge in [-0.25, -0.2) is 13.9 Å². The molecule has 2 aromatic heterocycles. The minimum atomic E-state index is -0.609. The van der Waals surface area contributed by atoms with Crippen molar-refractivity contribution in [2.24, 2.45) is 0 Å². The number of rotatable bonds is 6. The number of carbonyl (C=O) groups is 2. The molecule has 2 aromatic carbocycles. The zero-order valence-corrected chi connectivity index (χ0v) is 18.5. The molecule has 0 unspecified atom stereocenters. The standard InChI is InChI=1S/C23H20FN3O4S/c1-13-4-9-19(30-3)18(10-13)25-21(28)12-31-23(29)20-11-17-14(2)26-27(22(17)32-20)16-7-5-15(24)6-8-16/h4-11H,12H2,1-3H3,(H,25,28). The minimum Gasteiger partial charge on any atom is -0.495 e. The van der Waals surface area contributed by atoms with Gasteiger partial charge in [0.2, 0.25) is 0 Å². The third-order valence-corrected chi connectivity index (χ3v) is 5.87. The van der Waals surface area contributed by atoms with E-state index in [1.165, 1.54) is 30.6 Å². The van der Waals surface area contributed by atoms with E-state index in [4.69, 9.17) is 9.47 Å². The SMILES string of the molecule is COc1ccc(C)cc1NC(=O)COC(=O)c1cc2c(C)nn(-c3ccc(F)cc3)c2s1. The Balaban J connectivity index is 1.47. The molecule has 9 heteroatoms. The number of nitrogens with one attached hydrogen (secondary N) is 1. The molecule has 0 fully saturated rings. The fraction of sp³-hybridized carbons (Fsp3) is 0.174. The topological polar surface area (TPSA) is 82.4 Å². The second kappa shape index (κ2) is 8.80. The number of anilines is 1. The summed E-state index contributed by atoms with van der Waals surface area (Å²) in [6.07, 6.45) is 0. The number of fused-ring (bicyclic) bond motifs is 1. The smallest absolute Gasteiger partial charge is 0.348 e. The van der Waals surface area contributed by atoms with Crippen LogP contribution in [0.2, 0.25) is 0 Å². The van der Waals surface area contributed by atoms with Crippen molar-refractivity contribution < 1.29 is 23.5 Å². The summed E-state index contributed by atoms with van der Waals surface area (Å²) in [6.45, 7) is 3.28. The second-order valence-corrected chi connectivity index (χ2v) is 8.16. The van der Waals surface area contributed by atoms with Crippen LogP contribution in [0.1, 0.15) is 20.9 Å². The molecule has 1 amide bonds. The van der Waals surface area contributed by atoms with Crippen LogP contribution in [0.3, 0.4) is 0 Å². The normalized spacial score (nSPS) is 10.9. The Bertz CT molecular complexity index is 1310. The number of aromatic nitrogens is 2. The van der Waals surface area contributed by atoms with Gasteiger partial charge in [0.25, 0.3) is 5.91 Å². The summed E-state index contributed by atoms with van der Waals surface area (Å²) in [5.74, 6) is -0.911. The number of nitrogens with zero attached hydrogens (tertiary/aromatic N) is 2. The first-order valence-electron chi connectivity index (χ1n) is 9.72. The summed E-state index contributed by atoms with van der Waals surface area (Å²) in [5.41, 5.74) is 2.86. The summed E-state index contributed by atoms with van der Waals surface area (Å²) in [7, 11) is 1.51. The van der Waals surface area contributed by atoms with Gasteiger partial charge in [0.1, 0.15) is 21.3 Å². The molecule has 4 rings (SSSR count). The van der Waals surface area contributed by atoms with Crippen LogP contribution < -0.4 is 10.1 Å². The van der Waals surface area contributed by atoms with E-state index in [-0.39, 0.29) is 5.82 Å². The lowest BCUT2D eigenvalue weighted by Crippen LogP contribution is -2.21. The lowest BCUT2D eigenvalue weighted by atomic mass is 10.2. The molecule has 0 aliphatic heterocycles. The van der Waals surface area contributed by atoms with Crippen LogP contribution in [0.25, 0.3) is 15.9 Å². The van der Waals surface area contributed by atoms with Crippen LogP contribution in [0.15, 0.2) is 48.5 Å². The van der Waals surface area contributed by atoms with Gasteiger partial charge in [-0.05, 0) is 61.9 Å².